The zero-order valence-corrected chi connectivity index (χ0v) is 20.0. The van der Waals surface area contributed by atoms with Gasteiger partial charge in [0.15, 0.2) is 5.69 Å². The molecule has 3 heterocycles. The standard InChI is InChI=1S/C27H29FN4O3/c1-17-3-8-22(13-18(17)2)30-26(33)20-9-11-31(12-10-20)27(34)25-23-15-35-24(14-32(23)16-29-25)19-4-6-21(28)7-5-19/h3-8,13,16,20,24H,9-12,14-15H2,1-2H3,(H,30,33)/t24-/m0/s1. The van der Waals surface area contributed by atoms with E-state index in [0.29, 0.717) is 38.2 Å². The van der Waals surface area contributed by atoms with Gasteiger partial charge in [-0.3, -0.25) is 9.59 Å². The van der Waals surface area contributed by atoms with Gasteiger partial charge in [-0.05, 0) is 67.6 Å². The second-order valence-corrected chi connectivity index (χ2v) is 9.40. The number of imidazole rings is 1. The van der Waals surface area contributed by atoms with E-state index in [4.69, 9.17) is 4.74 Å². The fourth-order valence-corrected chi connectivity index (χ4v) is 4.74. The van der Waals surface area contributed by atoms with Crippen molar-refractivity contribution >= 4 is 17.5 Å². The van der Waals surface area contributed by atoms with Gasteiger partial charge in [0.2, 0.25) is 5.91 Å². The minimum Gasteiger partial charge on any atom is -0.365 e. The molecule has 3 aromatic rings. The average molecular weight is 477 g/mol. The predicted octanol–water partition coefficient (Wildman–Crippen LogP) is 4.40. The van der Waals surface area contributed by atoms with Gasteiger partial charge in [-0.2, -0.15) is 0 Å². The number of hydrogen-bond donors (Lipinski definition) is 1. The summed E-state index contributed by atoms with van der Waals surface area (Å²) >= 11 is 0. The lowest BCUT2D eigenvalue weighted by atomic mass is 9.95. The van der Waals surface area contributed by atoms with E-state index in [1.165, 1.54) is 17.7 Å². The fraction of sp³-hybridized carbons (Fsp3) is 0.370. The molecule has 8 heteroatoms. The number of hydrogen-bond acceptors (Lipinski definition) is 4. The Morgan fingerprint density at radius 2 is 1.80 bits per heavy atom. The third-order valence-electron chi connectivity index (χ3n) is 7.10. The lowest BCUT2D eigenvalue weighted by Crippen LogP contribution is -2.42. The summed E-state index contributed by atoms with van der Waals surface area (Å²) in [6.07, 6.45) is 2.68. The van der Waals surface area contributed by atoms with Crippen LogP contribution in [0.5, 0.6) is 0 Å². The molecule has 1 N–H and O–H groups in total. The van der Waals surface area contributed by atoms with Gasteiger partial charge < -0.3 is 19.5 Å². The van der Waals surface area contributed by atoms with Crippen LogP contribution in [0.4, 0.5) is 10.1 Å². The van der Waals surface area contributed by atoms with Crippen molar-refractivity contribution in [1.82, 2.24) is 14.5 Å². The Kier molecular flexibility index (Phi) is 6.38. The fourth-order valence-electron chi connectivity index (χ4n) is 4.74. The lowest BCUT2D eigenvalue weighted by Gasteiger charge is -2.31. The maximum atomic E-state index is 13.2. The third kappa shape index (κ3) is 4.84. The minimum atomic E-state index is -0.285. The van der Waals surface area contributed by atoms with Gasteiger partial charge in [-0.1, -0.05) is 18.2 Å². The van der Waals surface area contributed by atoms with E-state index in [1.54, 1.807) is 23.4 Å². The van der Waals surface area contributed by atoms with E-state index < -0.39 is 0 Å². The van der Waals surface area contributed by atoms with Crippen molar-refractivity contribution in [3.63, 3.8) is 0 Å². The summed E-state index contributed by atoms with van der Waals surface area (Å²) in [5.74, 6) is -0.542. The first-order valence-electron chi connectivity index (χ1n) is 12.0. The molecule has 0 unspecified atom stereocenters. The number of carbonyl (C=O) groups excluding carboxylic acids is 2. The molecule has 2 amide bonds. The molecule has 0 spiro atoms. The van der Waals surface area contributed by atoms with Crippen LogP contribution in [-0.4, -0.2) is 39.4 Å². The molecule has 5 rings (SSSR count). The summed E-state index contributed by atoms with van der Waals surface area (Å²) in [6, 6.07) is 12.2. The average Bonchev–Trinajstić information content (AvgIpc) is 3.29. The highest BCUT2D eigenvalue weighted by atomic mass is 19.1. The van der Waals surface area contributed by atoms with Gasteiger partial charge >= 0.3 is 0 Å². The summed E-state index contributed by atoms with van der Waals surface area (Å²) < 4.78 is 21.2. The number of carbonyl (C=O) groups is 2. The molecule has 2 aromatic carbocycles. The lowest BCUT2D eigenvalue weighted by molar-refractivity contribution is -0.121. The number of aryl methyl sites for hydroxylation is 2. The van der Waals surface area contributed by atoms with Crippen molar-refractivity contribution in [3.8, 4) is 0 Å². The van der Waals surface area contributed by atoms with Crippen LogP contribution in [-0.2, 0) is 22.7 Å². The molecule has 35 heavy (non-hydrogen) atoms. The number of amides is 2. The third-order valence-corrected chi connectivity index (χ3v) is 7.10. The summed E-state index contributed by atoms with van der Waals surface area (Å²) in [6.45, 7) is 5.86. The highest BCUT2D eigenvalue weighted by molar-refractivity contribution is 5.95. The van der Waals surface area contributed by atoms with Crippen molar-refractivity contribution < 1.29 is 18.7 Å². The smallest absolute Gasteiger partial charge is 0.274 e. The number of nitrogens with one attached hydrogen (secondary N) is 1. The van der Waals surface area contributed by atoms with E-state index in [0.717, 1.165) is 22.5 Å². The SMILES string of the molecule is Cc1ccc(NC(=O)C2CCN(C(=O)c3ncn4c3CO[C@H](c3ccc(F)cc3)C4)CC2)cc1C. The number of nitrogens with zero attached hydrogens (tertiary/aromatic N) is 3. The van der Waals surface area contributed by atoms with E-state index in [9.17, 15) is 14.0 Å². The van der Waals surface area contributed by atoms with Gasteiger partial charge in [-0.25, -0.2) is 9.37 Å². The number of fused-ring (bicyclic) bond motifs is 1. The number of aromatic nitrogens is 2. The zero-order valence-electron chi connectivity index (χ0n) is 20.0. The van der Waals surface area contributed by atoms with Crippen molar-refractivity contribution in [2.45, 2.75) is 45.9 Å². The molecule has 1 atom stereocenters. The Bertz CT molecular complexity index is 1250. The number of rotatable bonds is 4. The van der Waals surface area contributed by atoms with Crippen LogP contribution in [0.25, 0.3) is 0 Å². The van der Waals surface area contributed by atoms with Crippen LogP contribution < -0.4 is 5.32 Å². The number of ether oxygens (including phenoxy) is 1. The van der Waals surface area contributed by atoms with Crippen molar-refractivity contribution in [2.75, 3.05) is 18.4 Å². The van der Waals surface area contributed by atoms with E-state index in [2.05, 4.69) is 10.3 Å². The van der Waals surface area contributed by atoms with E-state index in [1.807, 2.05) is 36.6 Å². The molecule has 0 saturated carbocycles. The normalized spacial score (nSPS) is 18.3. The first-order valence-corrected chi connectivity index (χ1v) is 12.0. The number of halogens is 1. The molecule has 0 bridgehead atoms. The van der Waals surface area contributed by atoms with Crippen LogP contribution in [0.3, 0.4) is 0 Å². The summed E-state index contributed by atoms with van der Waals surface area (Å²) in [5, 5.41) is 3.02. The topological polar surface area (TPSA) is 76.5 Å². The molecule has 2 aliphatic heterocycles. The zero-order chi connectivity index (χ0) is 24.5. The van der Waals surface area contributed by atoms with E-state index in [-0.39, 0.29) is 36.3 Å². The monoisotopic (exact) mass is 476 g/mol. The van der Waals surface area contributed by atoms with Gasteiger partial charge in [0.05, 0.1) is 25.2 Å². The van der Waals surface area contributed by atoms with Gasteiger partial charge in [0.1, 0.15) is 11.9 Å². The molecule has 182 valence electrons. The minimum absolute atomic E-state index is 0.0000389. The van der Waals surface area contributed by atoms with Crippen LogP contribution in [0.2, 0.25) is 0 Å². The molecular formula is C27H29FN4O3. The molecule has 0 aliphatic carbocycles. The van der Waals surface area contributed by atoms with Gasteiger partial charge in [-0.15, -0.1) is 0 Å². The van der Waals surface area contributed by atoms with Crippen molar-refractivity contribution in [1.29, 1.82) is 0 Å². The van der Waals surface area contributed by atoms with Crippen LogP contribution in [0, 0.1) is 25.6 Å². The number of benzene rings is 2. The number of piperidine rings is 1. The summed E-state index contributed by atoms with van der Waals surface area (Å²) in [5.41, 5.74) is 5.18. The second kappa shape index (κ2) is 9.62. The Hall–Kier alpha value is -3.52. The molecule has 0 radical (unpaired) electrons. The van der Waals surface area contributed by atoms with Crippen molar-refractivity contribution in [3.05, 3.63) is 82.7 Å². The molecule has 2 aliphatic rings. The van der Waals surface area contributed by atoms with E-state index >= 15 is 0 Å². The number of anilines is 1. The Balaban J connectivity index is 1.18. The molecule has 1 saturated heterocycles. The molecular weight excluding hydrogens is 447 g/mol. The van der Waals surface area contributed by atoms with Crippen LogP contribution in [0.15, 0.2) is 48.8 Å². The van der Waals surface area contributed by atoms with Gasteiger partial charge in [0.25, 0.3) is 5.91 Å². The maximum Gasteiger partial charge on any atom is 0.274 e. The van der Waals surface area contributed by atoms with Crippen molar-refractivity contribution in [2.24, 2.45) is 5.92 Å². The second-order valence-electron chi connectivity index (χ2n) is 9.40. The molecule has 1 aromatic heterocycles. The first kappa shape index (κ1) is 23.2. The molecule has 1 fully saturated rings. The van der Waals surface area contributed by atoms with Crippen LogP contribution in [0.1, 0.15) is 51.8 Å². The molecule has 7 nitrogen and oxygen atoms in total. The predicted molar refractivity (Wildman–Crippen MR) is 129 cm³/mol. The van der Waals surface area contributed by atoms with Crippen LogP contribution >= 0.6 is 0 Å². The number of likely N-dealkylation sites (tertiary alicyclic amines) is 1. The maximum absolute atomic E-state index is 13.2. The Labute approximate surface area is 203 Å². The largest absolute Gasteiger partial charge is 0.365 e. The summed E-state index contributed by atoms with van der Waals surface area (Å²) in [4.78, 5) is 32.1. The Morgan fingerprint density at radius 3 is 2.51 bits per heavy atom. The quantitative estimate of drug-likeness (QED) is 0.606. The highest BCUT2D eigenvalue weighted by Gasteiger charge is 2.32. The Morgan fingerprint density at radius 1 is 1.06 bits per heavy atom. The first-order chi connectivity index (χ1) is 16.9. The van der Waals surface area contributed by atoms with Gasteiger partial charge in [0, 0.05) is 24.7 Å². The highest BCUT2D eigenvalue weighted by Crippen LogP contribution is 2.29. The summed E-state index contributed by atoms with van der Waals surface area (Å²) in [7, 11) is 0.